The van der Waals surface area contributed by atoms with E-state index in [-0.39, 0.29) is 6.42 Å². The van der Waals surface area contributed by atoms with E-state index in [1.807, 2.05) is 24.4 Å². The molecule has 17 heavy (non-hydrogen) atoms. The van der Waals surface area contributed by atoms with Crippen LogP contribution in [-0.4, -0.2) is 15.6 Å². The van der Waals surface area contributed by atoms with E-state index >= 15 is 0 Å². The zero-order valence-electron chi connectivity index (χ0n) is 9.19. The SMILES string of the molecule is O=C(O)Cc1cn(C2CC2)c2ccc(Cl)cc12. The molecule has 0 aliphatic heterocycles. The van der Waals surface area contributed by atoms with Gasteiger partial charge in [0.2, 0.25) is 0 Å². The number of halogens is 1. The first-order valence-electron chi connectivity index (χ1n) is 5.66. The Morgan fingerprint density at radius 2 is 2.24 bits per heavy atom. The van der Waals surface area contributed by atoms with Gasteiger partial charge in [0.25, 0.3) is 0 Å². The van der Waals surface area contributed by atoms with Gasteiger partial charge in [-0.3, -0.25) is 4.79 Å². The molecule has 2 aromatic rings. The van der Waals surface area contributed by atoms with Gasteiger partial charge in [-0.15, -0.1) is 0 Å². The maximum Gasteiger partial charge on any atom is 0.307 e. The molecule has 1 aliphatic rings. The molecular weight excluding hydrogens is 238 g/mol. The summed E-state index contributed by atoms with van der Waals surface area (Å²) < 4.78 is 2.18. The van der Waals surface area contributed by atoms with E-state index in [2.05, 4.69) is 4.57 Å². The normalized spacial score (nSPS) is 15.4. The number of benzene rings is 1. The summed E-state index contributed by atoms with van der Waals surface area (Å²) in [6, 6.07) is 6.23. The van der Waals surface area contributed by atoms with Crippen molar-refractivity contribution in [3.63, 3.8) is 0 Å². The van der Waals surface area contributed by atoms with Gasteiger partial charge < -0.3 is 9.67 Å². The van der Waals surface area contributed by atoms with Crippen molar-refractivity contribution in [3.8, 4) is 0 Å². The van der Waals surface area contributed by atoms with Crippen LogP contribution in [0.1, 0.15) is 24.4 Å². The van der Waals surface area contributed by atoms with Gasteiger partial charge in [-0.1, -0.05) is 11.6 Å². The predicted molar refractivity (Wildman–Crippen MR) is 66.6 cm³/mol. The van der Waals surface area contributed by atoms with Crippen LogP contribution < -0.4 is 0 Å². The van der Waals surface area contributed by atoms with Gasteiger partial charge in [-0.2, -0.15) is 0 Å². The fourth-order valence-electron chi connectivity index (χ4n) is 2.26. The standard InChI is InChI=1S/C13H12ClNO2/c14-9-1-4-12-11(6-9)8(5-13(16)17)7-15(12)10-2-3-10/h1,4,6-7,10H,2-3,5H2,(H,16,17). The lowest BCUT2D eigenvalue weighted by Gasteiger charge is -2.01. The summed E-state index contributed by atoms with van der Waals surface area (Å²) in [5.74, 6) is -0.806. The minimum atomic E-state index is -0.806. The summed E-state index contributed by atoms with van der Waals surface area (Å²) >= 11 is 5.97. The number of carboxylic acid groups (broad SMARTS) is 1. The first-order valence-corrected chi connectivity index (χ1v) is 6.03. The highest BCUT2D eigenvalue weighted by Crippen LogP contribution is 2.39. The second kappa shape index (κ2) is 3.77. The van der Waals surface area contributed by atoms with Crippen LogP contribution in [0.25, 0.3) is 10.9 Å². The van der Waals surface area contributed by atoms with Gasteiger partial charge in [0.05, 0.1) is 6.42 Å². The van der Waals surface area contributed by atoms with E-state index < -0.39 is 5.97 Å². The molecular formula is C13H12ClNO2. The molecule has 0 bridgehead atoms. The van der Waals surface area contributed by atoms with E-state index in [0.717, 1.165) is 16.5 Å². The Morgan fingerprint density at radius 3 is 2.88 bits per heavy atom. The van der Waals surface area contributed by atoms with E-state index in [1.54, 1.807) is 0 Å². The fraction of sp³-hybridized carbons (Fsp3) is 0.308. The maximum absolute atomic E-state index is 10.8. The number of hydrogen-bond donors (Lipinski definition) is 1. The van der Waals surface area contributed by atoms with Crippen LogP contribution in [-0.2, 0) is 11.2 Å². The summed E-state index contributed by atoms with van der Waals surface area (Å²) in [7, 11) is 0. The number of aliphatic carboxylic acids is 1. The van der Waals surface area contributed by atoms with Crippen LogP contribution in [0.5, 0.6) is 0 Å². The van der Waals surface area contributed by atoms with Crippen molar-refractivity contribution in [3.05, 3.63) is 35.0 Å². The molecule has 4 heteroatoms. The van der Waals surface area contributed by atoms with E-state index in [9.17, 15) is 4.79 Å². The highest BCUT2D eigenvalue weighted by Gasteiger charge is 2.26. The maximum atomic E-state index is 10.8. The van der Waals surface area contributed by atoms with E-state index in [0.29, 0.717) is 11.1 Å². The summed E-state index contributed by atoms with van der Waals surface area (Å²) in [5.41, 5.74) is 1.94. The molecule has 1 fully saturated rings. The van der Waals surface area contributed by atoms with Crippen molar-refractivity contribution < 1.29 is 9.90 Å². The first-order chi connectivity index (χ1) is 8.15. The molecule has 1 aromatic heterocycles. The highest BCUT2D eigenvalue weighted by atomic mass is 35.5. The second-order valence-corrected chi connectivity index (χ2v) is 4.96. The lowest BCUT2D eigenvalue weighted by atomic mass is 10.1. The first kappa shape index (κ1) is 10.7. The molecule has 88 valence electrons. The van der Waals surface area contributed by atoms with Crippen molar-refractivity contribution >= 4 is 28.5 Å². The molecule has 0 amide bonds. The zero-order valence-corrected chi connectivity index (χ0v) is 9.94. The third kappa shape index (κ3) is 1.91. The Balaban J connectivity index is 2.19. The number of nitrogens with zero attached hydrogens (tertiary/aromatic N) is 1. The Kier molecular flexibility index (Phi) is 2.37. The van der Waals surface area contributed by atoms with Crippen molar-refractivity contribution in [2.75, 3.05) is 0 Å². The van der Waals surface area contributed by atoms with Gasteiger partial charge in [0, 0.05) is 28.2 Å². The second-order valence-electron chi connectivity index (χ2n) is 4.52. The van der Waals surface area contributed by atoms with E-state index in [4.69, 9.17) is 16.7 Å². The van der Waals surface area contributed by atoms with Crippen molar-refractivity contribution in [2.45, 2.75) is 25.3 Å². The molecule has 0 saturated heterocycles. The zero-order chi connectivity index (χ0) is 12.0. The molecule has 1 N–H and O–H groups in total. The molecule has 0 atom stereocenters. The topological polar surface area (TPSA) is 42.2 Å². The minimum Gasteiger partial charge on any atom is -0.481 e. The van der Waals surface area contributed by atoms with Crippen molar-refractivity contribution in [2.24, 2.45) is 0 Å². The van der Waals surface area contributed by atoms with Crippen LogP contribution in [0.2, 0.25) is 5.02 Å². The number of carbonyl (C=O) groups is 1. The lowest BCUT2D eigenvalue weighted by molar-refractivity contribution is -0.136. The summed E-state index contributed by atoms with van der Waals surface area (Å²) in [5, 5.41) is 10.5. The van der Waals surface area contributed by atoms with Crippen LogP contribution >= 0.6 is 11.6 Å². The number of carboxylic acids is 1. The highest BCUT2D eigenvalue weighted by molar-refractivity contribution is 6.31. The number of hydrogen-bond acceptors (Lipinski definition) is 1. The average molecular weight is 250 g/mol. The minimum absolute atomic E-state index is 0.0521. The molecule has 1 heterocycles. The molecule has 3 rings (SSSR count). The molecule has 0 spiro atoms. The Bertz CT molecular complexity index is 599. The largest absolute Gasteiger partial charge is 0.481 e. The average Bonchev–Trinajstić information content (AvgIpc) is 3.04. The van der Waals surface area contributed by atoms with Gasteiger partial charge in [0.15, 0.2) is 0 Å². The number of fused-ring (bicyclic) bond motifs is 1. The Labute approximate surface area is 104 Å². The number of rotatable bonds is 3. The van der Waals surface area contributed by atoms with Gasteiger partial charge in [-0.25, -0.2) is 0 Å². The van der Waals surface area contributed by atoms with Crippen LogP contribution in [0.3, 0.4) is 0 Å². The Morgan fingerprint density at radius 1 is 1.47 bits per heavy atom. The molecule has 0 unspecified atom stereocenters. The van der Waals surface area contributed by atoms with Crippen LogP contribution in [0.4, 0.5) is 0 Å². The summed E-state index contributed by atoms with van der Waals surface area (Å²) in [6.45, 7) is 0. The monoisotopic (exact) mass is 249 g/mol. The van der Waals surface area contributed by atoms with Gasteiger partial charge in [0.1, 0.15) is 0 Å². The van der Waals surface area contributed by atoms with Crippen molar-refractivity contribution in [1.29, 1.82) is 0 Å². The molecule has 3 nitrogen and oxygen atoms in total. The van der Waals surface area contributed by atoms with E-state index in [1.165, 1.54) is 12.8 Å². The van der Waals surface area contributed by atoms with Crippen molar-refractivity contribution in [1.82, 2.24) is 4.57 Å². The van der Waals surface area contributed by atoms with Gasteiger partial charge >= 0.3 is 5.97 Å². The quantitative estimate of drug-likeness (QED) is 0.907. The molecule has 1 saturated carbocycles. The third-order valence-corrected chi connectivity index (χ3v) is 3.39. The fourth-order valence-corrected chi connectivity index (χ4v) is 2.43. The van der Waals surface area contributed by atoms with Gasteiger partial charge in [-0.05, 0) is 36.6 Å². The Hall–Kier alpha value is -1.48. The predicted octanol–water partition coefficient (Wildman–Crippen LogP) is 3.26. The van der Waals surface area contributed by atoms with Crippen LogP contribution in [0, 0.1) is 0 Å². The summed E-state index contributed by atoms with van der Waals surface area (Å²) in [6.07, 6.45) is 4.38. The third-order valence-electron chi connectivity index (χ3n) is 3.16. The lowest BCUT2D eigenvalue weighted by Crippen LogP contribution is -1.99. The summed E-state index contributed by atoms with van der Waals surface area (Å²) in [4.78, 5) is 10.8. The smallest absolute Gasteiger partial charge is 0.307 e. The molecule has 1 aromatic carbocycles. The van der Waals surface area contributed by atoms with Crippen LogP contribution in [0.15, 0.2) is 24.4 Å². The molecule has 1 aliphatic carbocycles. The number of aromatic nitrogens is 1. The molecule has 0 radical (unpaired) electrons.